The molecule has 2 amide bonds. The van der Waals surface area contributed by atoms with E-state index in [9.17, 15) is 14.0 Å². The van der Waals surface area contributed by atoms with Crippen LogP contribution in [0.25, 0.3) is 0 Å². The van der Waals surface area contributed by atoms with Crippen LogP contribution in [0.3, 0.4) is 0 Å². The van der Waals surface area contributed by atoms with Crippen LogP contribution in [0.5, 0.6) is 0 Å². The third-order valence-corrected chi connectivity index (χ3v) is 8.35. The summed E-state index contributed by atoms with van der Waals surface area (Å²) in [4.78, 5) is 30.7. The summed E-state index contributed by atoms with van der Waals surface area (Å²) in [5.74, 6) is -0.0107. The van der Waals surface area contributed by atoms with Crippen molar-refractivity contribution in [2.75, 3.05) is 50.9 Å². The monoisotopic (exact) mass is 567 g/mol. The topological polar surface area (TPSA) is 80.3 Å². The molecule has 9 heteroatoms. The maximum absolute atomic E-state index is 13.8. The maximum Gasteiger partial charge on any atom is 0.408 e. The number of anilines is 1. The molecule has 222 valence electrons. The first kappa shape index (κ1) is 29.3. The first-order valence-electron chi connectivity index (χ1n) is 15.0. The van der Waals surface area contributed by atoms with Gasteiger partial charge in [-0.25, -0.2) is 9.18 Å². The average molecular weight is 568 g/mol. The summed E-state index contributed by atoms with van der Waals surface area (Å²) in [5, 5.41) is 3.00. The van der Waals surface area contributed by atoms with Crippen LogP contribution in [0, 0.1) is 11.7 Å². The molecule has 2 fully saturated rings. The van der Waals surface area contributed by atoms with Gasteiger partial charge in [-0.3, -0.25) is 4.79 Å². The van der Waals surface area contributed by atoms with E-state index in [2.05, 4.69) is 10.2 Å². The number of alkyl carbamates (subject to hydrolysis) is 1. The molecule has 1 N–H and O–H groups in total. The van der Waals surface area contributed by atoms with E-state index in [4.69, 9.17) is 14.2 Å². The Morgan fingerprint density at radius 2 is 1.80 bits per heavy atom. The van der Waals surface area contributed by atoms with Gasteiger partial charge in [-0.1, -0.05) is 62.4 Å². The number of hydrogen-bond acceptors (Lipinski definition) is 6. The minimum absolute atomic E-state index is 0.138. The van der Waals surface area contributed by atoms with Gasteiger partial charge in [0.05, 0.1) is 32.5 Å². The normalized spacial score (nSPS) is 19.0. The third-order valence-electron chi connectivity index (χ3n) is 8.35. The van der Waals surface area contributed by atoms with Crippen molar-refractivity contribution in [1.29, 1.82) is 0 Å². The number of carbonyl (C=O) groups is 2. The molecule has 0 unspecified atom stereocenters. The lowest BCUT2D eigenvalue weighted by Crippen LogP contribution is -2.50. The summed E-state index contributed by atoms with van der Waals surface area (Å²) in [7, 11) is 0. The van der Waals surface area contributed by atoms with Gasteiger partial charge in [-0.15, -0.1) is 0 Å². The second-order valence-corrected chi connectivity index (χ2v) is 11.4. The molecule has 5 rings (SSSR count). The standard InChI is InChI=1S/C32H42FN3O5/c33-27-11-12-29-26(20-27)13-14-36(29)21-28(23-40-22-25-9-5-2-6-10-25)34-32(38)41-30(19-24-7-3-1-4-8-24)31(37)35-15-17-39-18-16-35/h2,5-6,9-12,20,24,28,30H,1,3-4,7-8,13-19,21-23H2,(H,34,38)/t28-,30+/m1/s1. The van der Waals surface area contributed by atoms with Crippen molar-refractivity contribution in [1.82, 2.24) is 10.2 Å². The van der Waals surface area contributed by atoms with Crippen molar-refractivity contribution in [2.45, 2.75) is 63.7 Å². The van der Waals surface area contributed by atoms with Crippen molar-refractivity contribution < 1.29 is 28.2 Å². The van der Waals surface area contributed by atoms with Gasteiger partial charge in [0.1, 0.15) is 5.82 Å². The Balaban J connectivity index is 1.25. The molecule has 41 heavy (non-hydrogen) atoms. The molecule has 8 nitrogen and oxygen atoms in total. The highest BCUT2D eigenvalue weighted by molar-refractivity contribution is 5.83. The fraction of sp³-hybridized carbons (Fsp3) is 0.562. The van der Waals surface area contributed by atoms with Gasteiger partial charge in [0.2, 0.25) is 0 Å². The number of halogens is 1. The number of hydrogen-bond donors (Lipinski definition) is 1. The van der Waals surface area contributed by atoms with Crippen LogP contribution in [0.1, 0.15) is 49.7 Å². The second kappa shape index (κ2) is 14.6. The summed E-state index contributed by atoms with van der Waals surface area (Å²) < 4.78 is 31.1. The zero-order valence-corrected chi connectivity index (χ0v) is 23.8. The molecule has 0 radical (unpaired) electrons. The summed E-state index contributed by atoms with van der Waals surface area (Å²) in [6, 6.07) is 14.3. The Morgan fingerprint density at radius 3 is 2.59 bits per heavy atom. The summed E-state index contributed by atoms with van der Waals surface area (Å²) in [6.45, 7) is 3.90. The molecule has 2 aromatic carbocycles. The number of fused-ring (bicyclic) bond motifs is 1. The van der Waals surface area contributed by atoms with E-state index < -0.39 is 18.2 Å². The highest BCUT2D eigenvalue weighted by Crippen LogP contribution is 2.30. The fourth-order valence-electron chi connectivity index (χ4n) is 6.17. The molecule has 1 saturated heterocycles. The summed E-state index contributed by atoms with van der Waals surface area (Å²) in [5.41, 5.74) is 2.96. The third kappa shape index (κ3) is 8.42. The van der Waals surface area contributed by atoms with E-state index in [0.717, 1.165) is 55.5 Å². The number of rotatable bonds is 11. The van der Waals surface area contributed by atoms with Gasteiger partial charge in [0, 0.05) is 31.9 Å². The van der Waals surface area contributed by atoms with E-state index >= 15 is 0 Å². The van der Waals surface area contributed by atoms with Gasteiger partial charge < -0.3 is 29.3 Å². The zero-order valence-electron chi connectivity index (χ0n) is 23.8. The quantitative estimate of drug-likeness (QED) is 0.424. The van der Waals surface area contributed by atoms with E-state index in [1.165, 1.54) is 12.5 Å². The van der Waals surface area contributed by atoms with Crippen LogP contribution >= 0.6 is 0 Å². The average Bonchev–Trinajstić information content (AvgIpc) is 3.39. The SMILES string of the molecule is O=C(N[C@@H](COCc1ccccc1)CN1CCc2cc(F)ccc21)O[C@@H](CC1CCCCC1)C(=O)N1CCOCC1. The van der Waals surface area contributed by atoms with Gasteiger partial charge >= 0.3 is 6.09 Å². The van der Waals surface area contributed by atoms with Crippen molar-refractivity contribution >= 4 is 17.7 Å². The molecule has 0 aromatic heterocycles. The Labute approximate surface area is 242 Å². The van der Waals surface area contributed by atoms with Crippen LogP contribution in [0.4, 0.5) is 14.9 Å². The number of nitrogens with one attached hydrogen (secondary N) is 1. The predicted molar refractivity (Wildman–Crippen MR) is 154 cm³/mol. The fourth-order valence-corrected chi connectivity index (χ4v) is 6.17. The second-order valence-electron chi connectivity index (χ2n) is 11.4. The van der Waals surface area contributed by atoms with Gasteiger partial charge in [-0.2, -0.15) is 0 Å². The summed E-state index contributed by atoms with van der Waals surface area (Å²) in [6.07, 6.45) is 5.49. The molecule has 0 spiro atoms. The van der Waals surface area contributed by atoms with Gasteiger partial charge in [-0.05, 0) is 48.1 Å². The maximum atomic E-state index is 13.8. The Morgan fingerprint density at radius 1 is 1.02 bits per heavy atom. The molecule has 0 bridgehead atoms. The lowest BCUT2D eigenvalue weighted by atomic mass is 9.85. The number of ether oxygens (including phenoxy) is 3. The molecule has 1 aliphatic carbocycles. The first-order chi connectivity index (χ1) is 20.0. The zero-order chi connectivity index (χ0) is 28.4. The van der Waals surface area contributed by atoms with E-state index in [-0.39, 0.29) is 18.3 Å². The van der Waals surface area contributed by atoms with Crippen LogP contribution < -0.4 is 10.2 Å². The number of morpholine rings is 1. The van der Waals surface area contributed by atoms with Gasteiger partial charge in [0.25, 0.3) is 5.91 Å². The van der Waals surface area contributed by atoms with Crippen LogP contribution in [0.15, 0.2) is 48.5 Å². The molecular weight excluding hydrogens is 525 g/mol. The molecule has 2 aromatic rings. The Bertz CT molecular complexity index is 1140. The predicted octanol–water partition coefficient (Wildman–Crippen LogP) is 4.70. The molecular formula is C32H42FN3O5. The van der Waals surface area contributed by atoms with E-state index in [1.54, 1.807) is 17.0 Å². The van der Waals surface area contributed by atoms with Crippen LogP contribution in [-0.4, -0.2) is 75.0 Å². The van der Waals surface area contributed by atoms with Crippen LogP contribution in [0.2, 0.25) is 0 Å². The minimum Gasteiger partial charge on any atom is -0.436 e. The van der Waals surface area contributed by atoms with Crippen molar-refractivity contribution in [3.63, 3.8) is 0 Å². The molecule has 3 aliphatic rings. The van der Waals surface area contributed by atoms with E-state index in [0.29, 0.717) is 51.8 Å². The highest BCUT2D eigenvalue weighted by atomic mass is 19.1. The van der Waals surface area contributed by atoms with E-state index in [1.807, 2.05) is 30.3 Å². The number of benzene rings is 2. The van der Waals surface area contributed by atoms with Crippen molar-refractivity contribution in [3.05, 3.63) is 65.5 Å². The Hall–Kier alpha value is -3.17. The number of carbonyl (C=O) groups excluding carboxylic acids is 2. The lowest BCUT2D eigenvalue weighted by molar-refractivity contribution is -0.145. The smallest absolute Gasteiger partial charge is 0.408 e. The number of amides is 2. The summed E-state index contributed by atoms with van der Waals surface area (Å²) >= 11 is 0. The van der Waals surface area contributed by atoms with Crippen LogP contribution in [-0.2, 0) is 32.0 Å². The first-order valence-corrected chi connectivity index (χ1v) is 15.0. The molecule has 2 aliphatic heterocycles. The number of nitrogens with zero attached hydrogens (tertiary/aromatic N) is 2. The molecule has 2 atom stereocenters. The van der Waals surface area contributed by atoms with Crippen molar-refractivity contribution in [2.24, 2.45) is 5.92 Å². The van der Waals surface area contributed by atoms with Gasteiger partial charge in [0.15, 0.2) is 6.10 Å². The molecule has 1 saturated carbocycles. The largest absolute Gasteiger partial charge is 0.436 e. The highest BCUT2D eigenvalue weighted by Gasteiger charge is 2.33. The van der Waals surface area contributed by atoms with Crippen molar-refractivity contribution in [3.8, 4) is 0 Å². The minimum atomic E-state index is -0.822. The Kier molecular flexibility index (Phi) is 10.5. The lowest BCUT2D eigenvalue weighted by Gasteiger charge is -2.33. The molecule has 2 heterocycles.